The average molecular weight is 235 g/mol. The Morgan fingerprint density at radius 3 is 2.53 bits per heavy atom. The molecule has 0 aromatic carbocycles. The van der Waals surface area contributed by atoms with Gasteiger partial charge in [0.2, 0.25) is 5.95 Å². The van der Waals surface area contributed by atoms with Crippen molar-refractivity contribution >= 4 is 23.3 Å². The number of nitrogen functional groups attached to an aromatic ring is 2. The quantitative estimate of drug-likeness (QED) is 0.435. The minimum atomic E-state index is -0.764. The van der Waals surface area contributed by atoms with Crippen LogP contribution in [0.25, 0.3) is 0 Å². The van der Waals surface area contributed by atoms with E-state index in [2.05, 4.69) is 20.3 Å². The number of nitrogens with zero attached hydrogens (tertiary/aromatic N) is 2. The molecule has 17 heavy (non-hydrogen) atoms. The SMILES string of the molecule is Nc1ccc(Nc2nc(=O)[nH]c(=O)[nH]2)nc1N. The number of H-pyrrole nitrogens is 2. The van der Waals surface area contributed by atoms with Gasteiger partial charge in [0.05, 0.1) is 5.69 Å². The number of aromatic amines is 2. The van der Waals surface area contributed by atoms with E-state index in [1.165, 1.54) is 12.1 Å². The molecule has 7 N–H and O–H groups in total. The summed E-state index contributed by atoms with van der Waals surface area (Å²) in [6.45, 7) is 0. The molecule has 0 saturated carbocycles. The van der Waals surface area contributed by atoms with E-state index in [1.807, 2.05) is 4.98 Å². The number of anilines is 4. The van der Waals surface area contributed by atoms with Crippen LogP contribution in [-0.4, -0.2) is 19.9 Å². The second-order valence-electron chi connectivity index (χ2n) is 3.14. The molecule has 0 spiro atoms. The van der Waals surface area contributed by atoms with E-state index in [0.29, 0.717) is 11.5 Å². The number of aromatic nitrogens is 4. The zero-order valence-corrected chi connectivity index (χ0v) is 8.52. The van der Waals surface area contributed by atoms with Crippen LogP contribution < -0.4 is 28.2 Å². The zero-order chi connectivity index (χ0) is 12.4. The maximum atomic E-state index is 11.0. The summed E-state index contributed by atoms with van der Waals surface area (Å²) in [6, 6.07) is 3.07. The minimum absolute atomic E-state index is 0.0320. The molecule has 2 aromatic heterocycles. The summed E-state index contributed by atoms with van der Waals surface area (Å²) in [7, 11) is 0. The molecule has 2 heterocycles. The smallest absolute Gasteiger partial charge is 0.352 e. The molecule has 0 bridgehead atoms. The standard InChI is InChI=1S/C8H9N7O2/c9-3-1-2-4(11-5(3)10)12-6-13-7(16)15-8(17)14-6/h1-2H,9H2,(H5,10,11,12,13,14,15,16,17). The summed E-state index contributed by atoms with van der Waals surface area (Å²) in [5.41, 5.74) is 9.89. The fourth-order valence-electron chi connectivity index (χ4n) is 1.13. The van der Waals surface area contributed by atoms with Crippen molar-refractivity contribution in [2.75, 3.05) is 16.8 Å². The molecular formula is C8H9N7O2. The number of pyridine rings is 1. The summed E-state index contributed by atoms with van der Waals surface area (Å²) < 4.78 is 0. The first-order chi connectivity index (χ1) is 8.04. The molecule has 0 aliphatic carbocycles. The molecule has 0 fully saturated rings. The van der Waals surface area contributed by atoms with Gasteiger partial charge in [-0.05, 0) is 12.1 Å². The lowest BCUT2D eigenvalue weighted by molar-refractivity contribution is 0.940. The maximum absolute atomic E-state index is 11.0. The Hall–Kier alpha value is -2.84. The van der Waals surface area contributed by atoms with E-state index in [1.54, 1.807) is 0 Å². The van der Waals surface area contributed by atoms with Crippen LogP contribution in [0.5, 0.6) is 0 Å². The third kappa shape index (κ3) is 2.40. The molecule has 2 rings (SSSR count). The first-order valence-corrected chi connectivity index (χ1v) is 4.54. The predicted octanol–water partition coefficient (Wildman–Crippen LogP) is -1.24. The fourth-order valence-corrected chi connectivity index (χ4v) is 1.13. The van der Waals surface area contributed by atoms with Gasteiger partial charge in [0.15, 0.2) is 0 Å². The number of hydrogen-bond acceptors (Lipinski definition) is 7. The highest BCUT2D eigenvalue weighted by atomic mass is 16.2. The van der Waals surface area contributed by atoms with Crippen LogP contribution in [0.3, 0.4) is 0 Å². The Bertz CT molecular complexity index is 631. The summed E-state index contributed by atoms with van der Waals surface area (Å²) >= 11 is 0. The number of hydrogen-bond donors (Lipinski definition) is 5. The third-order valence-electron chi connectivity index (χ3n) is 1.87. The van der Waals surface area contributed by atoms with E-state index in [-0.39, 0.29) is 11.8 Å². The van der Waals surface area contributed by atoms with Crippen LogP contribution in [0.2, 0.25) is 0 Å². The first kappa shape index (κ1) is 10.7. The Morgan fingerprint density at radius 1 is 1.12 bits per heavy atom. The number of nitrogens with two attached hydrogens (primary N) is 2. The maximum Gasteiger partial charge on any atom is 0.352 e. The van der Waals surface area contributed by atoms with E-state index in [9.17, 15) is 9.59 Å². The highest BCUT2D eigenvalue weighted by Gasteiger charge is 2.02. The van der Waals surface area contributed by atoms with Crippen molar-refractivity contribution in [3.63, 3.8) is 0 Å². The van der Waals surface area contributed by atoms with Gasteiger partial charge in [-0.15, -0.1) is 0 Å². The van der Waals surface area contributed by atoms with Gasteiger partial charge in [0.25, 0.3) is 0 Å². The topological polar surface area (TPSA) is 156 Å². The van der Waals surface area contributed by atoms with E-state index < -0.39 is 11.4 Å². The van der Waals surface area contributed by atoms with Gasteiger partial charge in [-0.3, -0.25) is 9.97 Å². The normalized spacial score (nSPS) is 10.1. The Labute approximate surface area is 93.9 Å². The van der Waals surface area contributed by atoms with Crippen LogP contribution in [0, 0.1) is 0 Å². The van der Waals surface area contributed by atoms with Crippen molar-refractivity contribution in [3.05, 3.63) is 33.1 Å². The minimum Gasteiger partial charge on any atom is -0.396 e. The van der Waals surface area contributed by atoms with Gasteiger partial charge >= 0.3 is 11.4 Å². The van der Waals surface area contributed by atoms with Gasteiger partial charge in [-0.1, -0.05) is 0 Å². The Morgan fingerprint density at radius 2 is 1.88 bits per heavy atom. The second-order valence-corrected chi connectivity index (χ2v) is 3.14. The molecule has 9 nitrogen and oxygen atoms in total. The highest BCUT2D eigenvalue weighted by molar-refractivity contribution is 5.63. The van der Waals surface area contributed by atoms with Crippen molar-refractivity contribution in [3.8, 4) is 0 Å². The van der Waals surface area contributed by atoms with Gasteiger partial charge in [-0.2, -0.15) is 4.98 Å². The molecule has 2 aromatic rings. The predicted molar refractivity (Wildman–Crippen MR) is 61.8 cm³/mol. The van der Waals surface area contributed by atoms with Crippen molar-refractivity contribution in [2.24, 2.45) is 0 Å². The van der Waals surface area contributed by atoms with Crippen LogP contribution in [0.4, 0.5) is 23.3 Å². The lowest BCUT2D eigenvalue weighted by Crippen LogP contribution is -2.26. The summed E-state index contributed by atoms with van der Waals surface area (Å²) in [6.07, 6.45) is 0. The molecule has 0 unspecified atom stereocenters. The largest absolute Gasteiger partial charge is 0.396 e. The lowest BCUT2D eigenvalue weighted by Gasteiger charge is -2.05. The highest BCUT2D eigenvalue weighted by Crippen LogP contribution is 2.15. The van der Waals surface area contributed by atoms with Gasteiger partial charge in [0, 0.05) is 0 Å². The number of rotatable bonds is 2. The average Bonchev–Trinajstić information content (AvgIpc) is 2.22. The van der Waals surface area contributed by atoms with Crippen molar-refractivity contribution in [2.45, 2.75) is 0 Å². The van der Waals surface area contributed by atoms with E-state index >= 15 is 0 Å². The second kappa shape index (κ2) is 3.96. The molecule has 88 valence electrons. The summed E-state index contributed by atoms with van der Waals surface area (Å²) in [5, 5.41) is 2.62. The van der Waals surface area contributed by atoms with E-state index in [4.69, 9.17) is 11.5 Å². The summed E-state index contributed by atoms with van der Waals surface area (Å²) in [5.74, 6) is 0.419. The Balaban J connectivity index is 2.34. The number of nitrogens with one attached hydrogen (secondary N) is 3. The molecule has 0 aliphatic rings. The van der Waals surface area contributed by atoms with Crippen LogP contribution in [0.15, 0.2) is 21.7 Å². The molecule has 0 saturated heterocycles. The molecule has 0 radical (unpaired) electrons. The summed E-state index contributed by atoms with van der Waals surface area (Å²) in [4.78, 5) is 33.5. The van der Waals surface area contributed by atoms with Gasteiger partial charge < -0.3 is 16.8 Å². The van der Waals surface area contributed by atoms with Crippen LogP contribution >= 0.6 is 0 Å². The molecule has 9 heteroatoms. The lowest BCUT2D eigenvalue weighted by atomic mass is 10.4. The first-order valence-electron chi connectivity index (χ1n) is 4.54. The van der Waals surface area contributed by atoms with Crippen LogP contribution in [-0.2, 0) is 0 Å². The zero-order valence-electron chi connectivity index (χ0n) is 8.52. The van der Waals surface area contributed by atoms with Crippen molar-refractivity contribution < 1.29 is 0 Å². The van der Waals surface area contributed by atoms with Gasteiger partial charge in [-0.25, -0.2) is 14.6 Å². The van der Waals surface area contributed by atoms with E-state index in [0.717, 1.165) is 0 Å². The third-order valence-corrected chi connectivity index (χ3v) is 1.87. The monoisotopic (exact) mass is 235 g/mol. The molecule has 0 aliphatic heterocycles. The van der Waals surface area contributed by atoms with Crippen LogP contribution in [0.1, 0.15) is 0 Å². The van der Waals surface area contributed by atoms with Crippen molar-refractivity contribution in [1.82, 2.24) is 19.9 Å². The molecule has 0 atom stereocenters. The van der Waals surface area contributed by atoms with Gasteiger partial charge in [0.1, 0.15) is 11.6 Å². The molecular weight excluding hydrogens is 226 g/mol. The fraction of sp³-hybridized carbons (Fsp3) is 0. The Kier molecular flexibility index (Phi) is 2.49. The van der Waals surface area contributed by atoms with Crippen molar-refractivity contribution in [1.29, 1.82) is 0 Å². The molecule has 0 amide bonds.